The Morgan fingerprint density at radius 2 is 0.964 bits per heavy atom. The van der Waals surface area contributed by atoms with Crippen LogP contribution in [0.15, 0.2) is 60.8 Å². The number of hydrogen-bond donors (Lipinski definition) is 3. The molecule has 0 aromatic carbocycles. The summed E-state index contributed by atoms with van der Waals surface area (Å²) in [6.45, 7) is 6.28. The van der Waals surface area contributed by atoms with Crippen molar-refractivity contribution < 1.29 is 24.5 Å². The Morgan fingerprint density at radius 3 is 1.50 bits per heavy atom. The molecule has 0 aromatic rings. The highest BCUT2D eigenvalue weighted by molar-refractivity contribution is 5.77. The third-order valence-electron chi connectivity index (χ3n) is 10.4. The Hall–Kier alpha value is -2.44. The molecule has 3 N–H and O–H groups in total. The van der Waals surface area contributed by atoms with Crippen LogP contribution < -0.4 is 5.32 Å². The zero-order chi connectivity index (χ0) is 41.0. The van der Waals surface area contributed by atoms with Gasteiger partial charge in [-0.3, -0.25) is 9.59 Å². The van der Waals surface area contributed by atoms with E-state index in [2.05, 4.69) is 86.8 Å². The maximum atomic E-state index is 13.1. The van der Waals surface area contributed by atoms with Gasteiger partial charge in [0.2, 0.25) is 5.91 Å². The summed E-state index contributed by atoms with van der Waals surface area (Å²) in [6.07, 6.45) is 52.8. The van der Waals surface area contributed by atoms with Gasteiger partial charge < -0.3 is 20.3 Å². The van der Waals surface area contributed by atoms with Crippen molar-refractivity contribution in [3.8, 4) is 0 Å². The van der Waals surface area contributed by atoms with E-state index in [1.165, 1.54) is 83.5 Å². The molecular weight excluding hydrogens is 695 g/mol. The highest BCUT2D eigenvalue weighted by atomic mass is 16.5. The highest BCUT2D eigenvalue weighted by Gasteiger charge is 2.24. The van der Waals surface area contributed by atoms with Crippen LogP contribution in [0.5, 0.6) is 0 Å². The molecule has 3 atom stereocenters. The van der Waals surface area contributed by atoms with Gasteiger partial charge in [-0.2, -0.15) is 0 Å². The Bertz CT molecular complexity index is 1010. The van der Waals surface area contributed by atoms with Crippen LogP contribution in [0.1, 0.15) is 220 Å². The summed E-state index contributed by atoms with van der Waals surface area (Å²) in [5.74, 6) is -0.511. The van der Waals surface area contributed by atoms with Gasteiger partial charge in [0, 0.05) is 6.42 Å². The second-order valence-corrected chi connectivity index (χ2v) is 15.9. The Balaban J connectivity index is 4.65. The zero-order valence-electron chi connectivity index (χ0n) is 36.8. The maximum absolute atomic E-state index is 13.1. The van der Waals surface area contributed by atoms with Crippen LogP contribution in [0.3, 0.4) is 0 Å². The maximum Gasteiger partial charge on any atom is 0.306 e. The molecule has 0 radical (unpaired) electrons. The number of aliphatic hydroxyl groups excluding tert-OH is 2. The van der Waals surface area contributed by atoms with Gasteiger partial charge in [0.25, 0.3) is 0 Å². The van der Waals surface area contributed by atoms with Crippen molar-refractivity contribution in [2.24, 2.45) is 0 Å². The lowest BCUT2D eigenvalue weighted by Gasteiger charge is -2.24. The molecule has 1 amide bonds. The molecule has 0 spiro atoms. The van der Waals surface area contributed by atoms with E-state index in [9.17, 15) is 19.8 Å². The van der Waals surface area contributed by atoms with Crippen LogP contribution >= 0.6 is 0 Å². The largest absolute Gasteiger partial charge is 0.462 e. The number of aliphatic hydroxyl groups is 2. The molecule has 0 heterocycles. The number of nitrogens with one attached hydrogen (secondary N) is 1. The van der Waals surface area contributed by atoms with Crippen molar-refractivity contribution >= 4 is 11.9 Å². The molecule has 324 valence electrons. The van der Waals surface area contributed by atoms with Crippen molar-refractivity contribution in [3.05, 3.63) is 60.8 Å². The number of hydrogen-bond acceptors (Lipinski definition) is 5. The molecule has 56 heavy (non-hydrogen) atoms. The predicted molar refractivity (Wildman–Crippen MR) is 241 cm³/mol. The van der Waals surface area contributed by atoms with Crippen molar-refractivity contribution in [2.45, 2.75) is 238 Å². The van der Waals surface area contributed by atoms with E-state index in [1.54, 1.807) is 0 Å². The molecule has 3 unspecified atom stereocenters. The van der Waals surface area contributed by atoms with E-state index in [0.29, 0.717) is 19.3 Å². The second kappa shape index (κ2) is 43.7. The number of carbonyl (C=O) groups excluding carboxylic acids is 2. The fourth-order valence-electron chi connectivity index (χ4n) is 6.83. The molecule has 0 bridgehead atoms. The Labute approximate surface area is 346 Å². The number of carbonyl (C=O) groups is 2. The fraction of sp³-hybridized carbons (Fsp3) is 0.760. The first-order valence-corrected chi connectivity index (χ1v) is 23.6. The summed E-state index contributed by atoms with van der Waals surface area (Å²) < 4.78 is 5.90. The molecule has 0 saturated carbocycles. The molecule has 0 rings (SSSR count). The lowest BCUT2D eigenvalue weighted by Crippen LogP contribution is -2.46. The smallest absolute Gasteiger partial charge is 0.306 e. The first-order chi connectivity index (χ1) is 27.5. The number of esters is 1. The van der Waals surface area contributed by atoms with Crippen LogP contribution in [0.2, 0.25) is 0 Å². The molecule has 0 aromatic heterocycles. The molecule has 0 aliphatic heterocycles. The van der Waals surface area contributed by atoms with Crippen molar-refractivity contribution in [2.75, 3.05) is 6.61 Å². The van der Waals surface area contributed by atoms with Gasteiger partial charge in [0.15, 0.2) is 0 Å². The lowest BCUT2D eigenvalue weighted by atomic mass is 10.0. The minimum Gasteiger partial charge on any atom is -0.462 e. The summed E-state index contributed by atoms with van der Waals surface area (Å²) in [6, 6.07) is -0.710. The molecule has 6 nitrogen and oxygen atoms in total. The van der Waals surface area contributed by atoms with Gasteiger partial charge in [-0.25, -0.2) is 0 Å². The second-order valence-electron chi connectivity index (χ2n) is 15.9. The van der Waals surface area contributed by atoms with Gasteiger partial charge in [-0.15, -0.1) is 0 Å². The fourth-order valence-corrected chi connectivity index (χ4v) is 6.83. The zero-order valence-corrected chi connectivity index (χ0v) is 36.8. The van der Waals surface area contributed by atoms with Crippen LogP contribution in [-0.2, 0) is 14.3 Å². The summed E-state index contributed by atoms with van der Waals surface area (Å²) in [7, 11) is 0. The van der Waals surface area contributed by atoms with Crippen LogP contribution in [-0.4, -0.2) is 46.9 Å². The first kappa shape index (κ1) is 53.6. The molecule has 6 heteroatoms. The topological polar surface area (TPSA) is 95.9 Å². The van der Waals surface area contributed by atoms with E-state index in [0.717, 1.165) is 89.9 Å². The molecule has 0 saturated heterocycles. The van der Waals surface area contributed by atoms with Crippen molar-refractivity contribution in [1.29, 1.82) is 0 Å². The number of rotatable bonds is 41. The Morgan fingerprint density at radius 1 is 0.536 bits per heavy atom. The Kier molecular flexibility index (Phi) is 41.8. The number of unbranched alkanes of at least 4 members (excludes halogenated alkanes) is 22. The standard InChI is InChI=1S/C50H89NO5/c1-4-7-10-13-16-19-21-23-24-26-28-31-34-37-40-43-50(55)56-46(41-38-35-32-30-27-25-22-20-17-14-11-8-5-2)44-49(54)51-47(45-52)48(53)42-39-36-33-29-18-15-12-9-6-3/h8,11,14,16-17,19-23,46-48,52-53H,4-7,9-10,12-13,15,18,24-45H2,1-3H3,(H,51,54)/b11-8+,17-14+,19-16+,22-20+,23-21+. The SMILES string of the molecule is CC/C=C/C=C/C=C/CCCCCCCC(CC(=O)NC(CO)C(O)CCCCCCCCCCC)OC(=O)CCCCCCCC/C=C/C=C/CCCCC. The minimum absolute atomic E-state index is 0.0574. The molecule has 0 aliphatic rings. The van der Waals surface area contributed by atoms with Crippen LogP contribution in [0, 0.1) is 0 Å². The van der Waals surface area contributed by atoms with Gasteiger partial charge >= 0.3 is 5.97 Å². The van der Waals surface area contributed by atoms with Crippen LogP contribution in [0.4, 0.5) is 0 Å². The summed E-state index contributed by atoms with van der Waals surface area (Å²) in [4.78, 5) is 26.0. The van der Waals surface area contributed by atoms with E-state index in [4.69, 9.17) is 4.74 Å². The average Bonchev–Trinajstić information content (AvgIpc) is 3.19. The predicted octanol–water partition coefficient (Wildman–Crippen LogP) is 13.7. The van der Waals surface area contributed by atoms with Gasteiger partial charge in [-0.05, 0) is 70.6 Å². The summed E-state index contributed by atoms with van der Waals surface area (Å²) in [5, 5.41) is 23.6. The minimum atomic E-state index is -0.794. The number of ether oxygens (including phenoxy) is 1. The third-order valence-corrected chi connectivity index (χ3v) is 10.4. The van der Waals surface area contributed by atoms with Crippen LogP contribution in [0.25, 0.3) is 0 Å². The van der Waals surface area contributed by atoms with Crippen molar-refractivity contribution in [3.63, 3.8) is 0 Å². The van der Waals surface area contributed by atoms with E-state index in [1.807, 2.05) is 0 Å². The third kappa shape index (κ3) is 38.4. The summed E-state index contributed by atoms with van der Waals surface area (Å²) in [5.41, 5.74) is 0. The first-order valence-electron chi connectivity index (χ1n) is 23.6. The number of allylic oxidation sites excluding steroid dienone is 10. The van der Waals surface area contributed by atoms with Gasteiger partial charge in [0.05, 0.1) is 25.2 Å². The average molecular weight is 784 g/mol. The van der Waals surface area contributed by atoms with E-state index < -0.39 is 18.2 Å². The van der Waals surface area contributed by atoms with E-state index in [-0.39, 0.29) is 24.9 Å². The monoisotopic (exact) mass is 784 g/mol. The van der Waals surface area contributed by atoms with E-state index >= 15 is 0 Å². The molecular formula is C50H89NO5. The van der Waals surface area contributed by atoms with Gasteiger partial charge in [-0.1, -0.05) is 197 Å². The quantitative estimate of drug-likeness (QED) is 0.0326. The number of amides is 1. The molecule has 0 fully saturated rings. The summed E-state index contributed by atoms with van der Waals surface area (Å²) >= 11 is 0. The van der Waals surface area contributed by atoms with Gasteiger partial charge in [0.1, 0.15) is 6.10 Å². The molecule has 0 aliphatic carbocycles. The lowest BCUT2D eigenvalue weighted by molar-refractivity contribution is -0.151. The highest BCUT2D eigenvalue weighted by Crippen LogP contribution is 2.17. The van der Waals surface area contributed by atoms with Crippen molar-refractivity contribution in [1.82, 2.24) is 5.32 Å². The normalized spacial score (nSPS) is 13.9.